The van der Waals surface area contributed by atoms with Crippen LogP contribution in [0.15, 0.2) is 54.7 Å². The van der Waals surface area contributed by atoms with Gasteiger partial charge in [-0.05, 0) is 37.1 Å². The third-order valence-electron chi connectivity index (χ3n) is 6.37. The number of nitrogens with zero attached hydrogens (tertiary/aromatic N) is 2. The third-order valence-corrected chi connectivity index (χ3v) is 6.74. The Bertz CT molecular complexity index is 1350. The second kappa shape index (κ2) is 12.3. The molecule has 202 valence electrons. The van der Waals surface area contributed by atoms with Crippen LogP contribution in [0.1, 0.15) is 29.3 Å². The standard InChI is InChI=1S/C26H29FN3O7P/c1-17(31)22-14-29(23-8-7-20(12-21(22)23)36-16-37-38(34)35)15-25(32)30-13-19(27)11-24(30)26(33)28-10-9-18-5-3-2-4-6-18/h2-8,12,14,19,24,38H,9-11,13,15-16H2,1H3,(H,28,33)(H,34,35)/t19-,24+/m1/s1. The topological polar surface area (TPSA) is 127 Å². The van der Waals surface area contributed by atoms with Crippen molar-refractivity contribution in [2.45, 2.75) is 38.5 Å². The fourth-order valence-electron chi connectivity index (χ4n) is 4.56. The van der Waals surface area contributed by atoms with Crippen LogP contribution in [0.25, 0.3) is 10.9 Å². The van der Waals surface area contributed by atoms with E-state index in [-0.39, 0.29) is 25.3 Å². The zero-order valence-electron chi connectivity index (χ0n) is 20.8. The minimum absolute atomic E-state index is 0.0725. The lowest BCUT2D eigenvalue weighted by molar-refractivity contribution is -0.138. The molecule has 0 radical (unpaired) electrons. The molecule has 1 aliphatic heterocycles. The van der Waals surface area contributed by atoms with Gasteiger partial charge in [0.05, 0.1) is 6.54 Å². The molecule has 2 heterocycles. The molecule has 12 heteroatoms. The summed E-state index contributed by atoms with van der Waals surface area (Å²) in [5, 5.41) is 3.33. The number of rotatable bonds is 11. The second-order valence-corrected chi connectivity index (χ2v) is 9.82. The van der Waals surface area contributed by atoms with E-state index in [1.807, 2.05) is 30.3 Å². The van der Waals surface area contributed by atoms with Gasteiger partial charge in [0, 0.05) is 35.6 Å². The number of fused-ring (bicyclic) bond motifs is 1. The zero-order chi connectivity index (χ0) is 27.2. The van der Waals surface area contributed by atoms with Crippen molar-refractivity contribution < 1.29 is 37.5 Å². The fourth-order valence-corrected chi connectivity index (χ4v) is 4.72. The van der Waals surface area contributed by atoms with E-state index in [0.717, 1.165) is 5.56 Å². The van der Waals surface area contributed by atoms with Gasteiger partial charge in [-0.3, -0.25) is 23.5 Å². The number of hydrogen-bond acceptors (Lipinski definition) is 6. The number of Topliss-reactive ketones (excluding diaryl/α,β-unsaturated/α-hetero) is 1. The summed E-state index contributed by atoms with van der Waals surface area (Å²) in [6.07, 6.45) is 0.772. The highest BCUT2D eigenvalue weighted by Crippen LogP contribution is 2.28. The Morgan fingerprint density at radius 3 is 2.66 bits per heavy atom. The van der Waals surface area contributed by atoms with E-state index >= 15 is 0 Å². The first-order chi connectivity index (χ1) is 18.2. The molecule has 2 amide bonds. The summed E-state index contributed by atoms with van der Waals surface area (Å²) in [5.74, 6) is -0.775. The molecule has 10 nitrogen and oxygen atoms in total. The summed E-state index contributed by atoms with van der Waals surface area (Å²) < 4.78 is 36.5. The number of nitrogens with one attached hydrogen (secondary N) is 1. The van der Waals surface area contributed by atoms with E-state index in [9.17, 15) is 23.3 Å². The van der Waals surface area contributed by atoms with Crippen molar-refractivity contribution in [3.63, 3.8) is 0 Å². The number of halogens is 1. The highest BCUT2D eigenvalue weighted by atomic mass is 31.1. The number of alkyl halides is 1. The number of aromatic nitrogens is 1. The van der Waals surface area contributed by atoms with Crippen molar-refractivity contribution in [3.05, 3.63) is 65.9 Å². The van der Waals surface area contributed by atoms with E-state index in [0.29, 0.717) is 35.2 Å². The Morgan fingerprint density at radius 1 is 1.18 bits per heavy atom. The van der Waals surface area contributed by atoms with Gasteiger partial charge in [0.2, 0.25) is 11.8 Å². The number of ether oxygens (including phenoxy) is 1. The number of amides is 2. The lowest BCUT2D eigenvalue weighted by atomic mass is 10.1. The first-order valence-electron chi connectivity index (χ1n) is 12.1. The summed E-state index contributed by atoms with van der Waals surface area (Å²) >= 11 is 0. The van der Waals surface area contributed by atoms with Crippen molar-refractivity contribution in [2.24, 2.45) is 0 Å². The largest absolute Gasteiger partial charge is 0.467 e. The smallest absolute Gasteiger partial charge is 0.319 e. The highest BCUT2D eigenvalue weighted by Gasteiger charge is 2.39. The number of ketones is 1. The fraction of sp³-hybridized carbons (Fsp3) is 0.346. The first-order valence-corrected chi connectivity index (χ1v) is 13.4. The molecule has 2 aromatic carbocycles. The van der Waals surface area contributed by atoms with Crippen molar-refractivity contribution in [2.75, 3.05) is 19.9 Å². The molecule has 4 rings (SSSR count). The normalized spacial score (nSPS) is 17.9. The SMILES string of the molecule is CC(=O)c1cn(CC(=O)N2C[C@H](F)C[C@H]2C(=O)NCCc2ccccc2)c2ccc(OCO[PH](=O)O)cc12. The van der Waals surface area contributed by atoms with E-state index in [1.54, 1.807) is 22.8 Å². The molecule has 3 aromatic rings. The number of carbonyl (C=O) groups excluding carboxylic acids is 3. The van der Waals surface area contributed by atoms with Gasteiger partial charge in [-0.25, -0.2) is 4.39 Å². The second-order valence-electron chi connectivity index (χ2n) is 9.00. The van der Waals surface area contributed by atoms with E-state index in [2.05, 4.69) is 9.84 Å². The minimum Gasteiger partial charge on any atom is -0.467 e. The van der Waals surface area contributed by atoms with Crippen molar-refractivity contribution in [1.82, 2.24) is 14.8 Å². The summed E-state index contributed by atoms with van der Waals surface area (Å²) in [7, 11) is -3.15. The molecule has 0 bridgehead atoms. The van der Waals surface area contributed by atoms with E-state index < -0.39 is 39.1 Å². The maximum absolute atomic E-state index is 14.3. The van der Waals surface area contributed by atoms with Gasteiger partial charge in [-0.1, -0.05) is 30.3 Å². The molecule has 2 N–H and O–H groups in total. The van der Waals surface area contributed by atoms with Crippen molar-refractivity contribution >= 4 is 36.8 Å². The van der Waals surface area contributed by atoms with E-state index in [1.165, 1.54) is 18.0 Å². The van der Waals surface area contributed by atoms with Crippen LogP contribution < -0.4 is 10.1 Å². The Kier molecular flexibility index (Phi) is 8.93. The molecular formula is C26H29FN3O7P. The van der Waals surface area contributed by atoms with Gasteiger partial charge in [0.15, 0.2) is 12.6 Å². The van der Waals surface area contributed by atoms with Crippen LogP contribution in [-0.2, 0) is 31.6 Å². The molecule has 3 atom stereocenters. The monoisotopic (exact) mass is 545 g/mol. The molecule has 38 heavy (non-hydrogen) atoms. The van der Waals surface area contributed by atoms with E-state index in [4.69, 9.17) is 9.63 Å². The number of hydrogen-bond donors (Lipinski definition) is 2. The molecule has 1 aromatic heterocycles. The quantitative estimate of drug-likeness (QED) is 0.216. The average Bonchev–Trinajstić information content (AvgIpc) is 3.45. The minimum atomic E-state index is -3.15. The summed E-state index contributed by atoms with van der Waals surface area (Å²) in [6.45, 7) is 0.940. The Morgan fingerprint density at radius 2 is 1.95 bits per heavy atom. The molecule has 0 spiro atoms. The predicted octanol–water partition coefficient (Wildman–Crippen LogP) is 2.88. The molecule has 0 saturated carbocycles. The van der Waals surface area contributed by atoms with Crippen LogP contribution in [-0.4, -0.2) is 64.1 Å². The molecule has 1 aliphatic rings. The predicted molar refractivity (Wildman–Crippen MR) is 138 cm³/mol. The van der Waals surface area contributed by atoms with Crippen molar-refractivity contribution in [3.8, 4) is 5.75 Å². The zero-order valence-corrected chi connectivity index (χ0v) is 21.8. The van der Waals surface area contributed by atoms with Crippen LogP contribution in [0.2, 0.25) is 0 Å². The first kappa shape index (κ1) is 27.5. The van der Waals surface area contributed by atoms with Crippen molar-refractivity contribution in [1.29, 1.82) is 0 Å². The van der Waals surface area contributed by atoms with Gasteiger partial charge in [-0.2, -0.15) is 0 Å². The summed E-state index contributed by atoms with van der Waals surface area (Å²) in [4.78, 5) is 48.4. The summed E-state index contributed by atoms with van der Waals surface area (Å²) in [6, 6.07) is 13.5. The Hall–Kier alpha value is -3.53. The average molecular weight is 546 g/mol. The third kappa shape index (κ3) is 6.66. The van der Waals surface area contributed by atoms with Crippen LogP contribution in [0.3, 0.4) is 0 Å². The number of carbonyl (C=O) groups is 3. The lowest BCUT2D eigenvalue weighted by Gasteiger charge is -2.24. The Labute approximate surface area is 219 Å². The number of benzene rings is 2. The highest BCUT2D eigenvalue weighted by molar-refractivity contribution is 7.32. The maximum Gasteiger partial charge on any atom is 0.319 e. The lowest BCUT2D eigenvalue weighted by Crippen LogP contribution is -2.47. The number of likely N-dealkylation sites (tertiary alicyclic amines) is 1. The maximum atomic E-state index is 14.3. The molecule has 1 unspecified atom stereocenters. The Balaban J connectivity index is 1.46. The van der Waals surface area contributed by atoms with Crippen LogP contribution in [0.5, 0.6) is 5.75 Å². The molecular weight excluding hydrogens is 516 g/mol. The summed E-state index contributed by atoms with van der Waals surface area (Å²) in [5.41, 5.74) is 1.96. The van der Waals surface area contributed by atoms with Crippen LogP contribution in [0.4, 0.5) is 4.39 Å². The van der Waals surface area contributed by atoms with Gasteiger partial charge in [-0.15, -0.1) is 0 Å². The van der Waals surface area contributed by atoms with Crippen LogP contribution in [0, 0.1) is 0 Å². The van der Waals surface area contributed by atoms with Gasteiger partial charge < -0.3 is 24.4 Å². The van der Waals surface area contributed by atoms with Gasteiger partial charge in [0.1, 0.15) is 24.5 Å². The van der Waals surface area contributed by atoms with Gasteiger partial charge in [0.25, 0.3) is 0 Å². The van der Waals surface area contributed by atoms with Gasteiger partial charge >= 0.3 is 8.25 Å². The van der Waals surface area contributed by atoms with Crippen LogP contribution >= 0.6 is 8.25 Å². The molecule has 1 saturated heterocycles. The molecule has 0 aliphatic carbocycles. The molecule has 1 fully saturated rings.